The van der Waals surface area contributed by atoms with Gasteiger partial charge in [-0.1, -0.05) is 0 Å². The highest BCUT2D eigenvalue weighted by molar-refractivity contribution is 5.88. The standard InChI is InChI=1S/C14H11N5O4/c20-12-10-11(18-14(23)19-12)16-6-9(17-10)5-15-8-3-1-7(2-4-8)13(21)22/h1-4,6,15H,5H2,(H,21,22)(H2,16,18,19,20,23). The number of carbonyl (C=O) groups is 1. The van der Waals surface area contributed by atoms with E-state index in [0.29, 0.717) is 11.4 Å². The number of H-pyrrole nitrogens is 2. The minimum absolute atomic E-state index is 0.0464. The molecule has 0 unspecified atom stereocenters. The van der Waals surface area contributed by atoms with E-state index >= 15 is 0 Å². The van der Waals surface area contributed by atoms with Crippen molar-refractivity contribution in [2.75, 3.05) is 5.32 Å². The Morgan fingerprint density at radius 2 is 1.91 bits per heavy atom. The monoisotopic (exact) mass is 313 g/mol. The maximum absolute atomic E-state index is 11.7. The van der Waals surface area contributed by atoms with E-state index in [-0.39, 0.29) is 23.3 Å². The molecule has 0 aliphatic carbocycles. The van der Waals surface area contributed by atoms with Crippen molar-refractivity contribution in [2.45, 2.75) is 6.54 Å². The molecule has 23 heavy (non-hydrogen) atoms. The largest absolute Gasteiger partial charge is 0.478 e. The van der Waals surface area contributed by atoms with Crippen molar-refractivity contribution in [3.63, 3.8) is 0 Å². The van der Waals surface area contributed by atoms with Gasteiger partial charge < -0.3 is 10.4 Å². The average molecular weight is 313 g/mol. The predicted octanol–water partition coefficient (Wildman–Crippen LogP) is 0.317. The van der Waals surface area contributed by atoms with Crippen molar-refractivity contribution in [3.8, 4) is 0 Å². The zero-order valence-electron chi connectivity index (χ0n) is 11.7. The lowest BCUT2D eigenvalue weighted by Crippen LogP contribution is -2.23. The summed E-state index contributed by atoms with van der Waals surface area (Å²) in [6.45, 7) is 0.286. The molecule has 9 heteroatoms. The topological polar surface area (TPSA) is 141 Å². The molecule has 0 aliphatic heterocycles. The van der Waals surface area contributed by atoms with Crippen LogP contribution in [0.1, 0.15) is 16.1 Å². The Kier molecular flexibility index (Phi) is 3.59. The SMILES string of the molecule is O=C(O)c1ccc(NCc2cnc3[nH]c(=O)[nH]c(=O)c3n2)cc1. The second-order valence-corrected chi connectivity index (χ2v) is 4.70. The van der Waals surface area contributed by atoms with E-state index < -0.39 is 17.2 Å². The summed E-state index contributed by atoms with van der Waals surface area (Å²) in [5, 5.41) is 11.9. The van der Waals surface area contributed by atoms with Crippen LogP contribution in [-0.2, 0) is 6.54 Å². The fraction of sp³-hybridized carbons (Fsp3) is 0.0714. The van der Waals surface area contributed by atoms with Crippen molar-refractivity contribution in [3.05, 3.63) is 62.6 Å². The third-order valence-corrected chi connectivity index (χ3v) is 3.10. The van der Waals surface area contributed by atoms with Gasteiger partial charge in [-0.2, -0.15) is 0 Å². The quantitative estimate of drug-likeness (QED) is 0.543. The van der Waals surface area contributed by atoms with Crippen molar-refractivity contribution < 1.29 is 9.90 Å². The normalized spacial score (nSPS) is 10.6. The van der Waals surface area contributed by atoms with Crippen LogP contribution in [0.25, 0.3) is 11.2 Å². The maximum atomic E-state index is 11.7. The van der Waals surface area contributed by atoms with Crippen LogP contribution in [0.3, 0.4) is 0 Å². The number of nitrogens with zero attached hydrogens (tertiary/aromatic N) is 2. The summed E-state index contributed by atoms with van der Waals surface area (Å²) < 4.78 is 0. The van der Waals surface area contributed by atoms with Gasteiger partial charge in [0.1, 0.15) is 0 Å². The number of aromatic carboxylic acids is 1. The first kappa shape index (κ1) is 14.4. The summed E-state index contributed by atoms with van der Waals surface area (Å²) in [7, 11) is 0. The Balaban J connectivity index is 1.80. The van der Waals surface area contributed by atoms with Crippen LogP contribution in [0.5, 0.6) is 0 Å². The summed E-state index contributed by atoms with van der Waals surface area (Å²) in [4.78, 5) is 46.2. The van der Waals surface area contributed by atoms with Gasteiger partial charge >= 0.3 is 11.7 Å². The van der Waals surface area contributed by atoms with Gasteiger partial charge in [0.05, 0.1) is 24.0 Å². The van der Waals surface area contributed by atoms with Gasteiger partial charge in [-0.15, -0.1) is 0 Å². The van der Waals surface area contributed by atoms with E-state index in [9.17, 15) is 14.4 Å². The second kappa shape index (κ2) is 5.72. The highest BCUT2D eigenvalue weighted by Crippen LogP contribution is 2.11. The summed E-state index contributed by atoms with van der Waals surface area (Å²) in [6.07, 6.45) is 1.44. The molecule has 2 heterocycles. The fourth-order valence-electron chi connectivity index (χ4n) is 1.98. The van der Waals surface area contributed by atoms with Crippen molar-refractivity contribution in [1.29, 1.82) is 0 Å². The molecule has 3 aromatic rings. The van der Waals surface area contributed by atoms with E-state index in [2.05, 4.69) is 25.3 Å². The van der Waals surface area contributed by atoms with E-state index in [0.717, 1.165) is 0 Å². The zero-order valence-corrected chi connectivity index (χ0v) is 11.7. The van der Waals surface area contributed by atoms with Gasteiger partial charge in [0.15, 0.2) is 11.2 Å². The molecule has 3 rings (SSSR count). The number of aromatic nitrogens is 4. The van der Waals surface area contributed by atoms with E-state index in [1.165, 1.54) is 18.3 Å². The first-order valence-electron chi connectivity index (χ1n) is 6.58. The number of benzene rings is 1. The molecule has 0 atom stereocenters. The molecule has 116 valence electrons. The molecule has 9 nitrogen and oxygen atoms in total. The maximum Gasteiger partial charge on any atom is 0.335 e. The molecular formula is C14H11N5O4. The molecule has 0 fully saturated rings. The second-order valence-electron chi connectivity index (χ2n) is 4.70. The molecule has 0 saturated carbocycles. The number of nitrogens with one attached hydrogen (secondary N) is 3. The number of aromatic amines is 2. The number of carboxylic acids is 1. The van der Waals surface area contributed by atoms with Crippen LogP contribution in [0.15, 0.2) is 40.1 Å². The number of hydrogen-bond acceptors (Lipinski definition) is 6. The predicted molar refractivity (Wildman–Crippen MR) is 81.5 cm³/mol. The van der Waals surface area contributed by atoms with Gasteiger partial charge in [0, 0.05) is 5.69 Å². The molecule has 0 radical (unpaired) electrons. The van der Waals surface area contributed by atoms with Crippen LogP contribution in [-0.4, -0.2) is 31.0 Å². The number of fused-ring (bicyclic) bond motifs is 1. The Bertz CT molecular complexity index is 990. The van der Waals surface area contributed by atoms with Crippen LogP contribution < -0.4 is 16.6 Å². The molecular weight excluding hydrogens is 302 g/mol. The van der Waals surface area contributed by atoms with Crippen molar-refractivity contribution >= 4 is 22.8 Å². The lowest BCUT2D eigenvalue weighted by atomic mass is 10.2. The van der Waals surface area contributed by atoms with Gasteiger partial charge in [0.25, 0.3) is 5.56 Å². The average Bonchev–Trinajstić information content (AvgIpc) is 2.53. The Morgan fingerprint density at radius 3 is 2.61 bits per heavy atom. The molecule has 1 aromatic carbocycles. The molecule has 0 bridgehead atoms. The van der Waals surface area contributed by atoms with Crippen LogP contribution >= 0.6 is 0 Å². The summed E-state index contributed by atoms with van der Waals surface area (Å²) in [5.74, 6) is -0.995. The molecule has 0 aliphatic rings. The number of rotatable bonds is 4. The van der Waals surface area contributed by atoms with Crippen LogP contribution in [0, 0.1) is 0 Å². The van der Waals surface area contributed by atoms with Crippen LogP contribution in [0.4, 0.5) is 5.69 Å². The molecule has 0 saturated heterocycles. The summed E-state index contributed by atoms with van der Waals surface area (Å²) >= 11 is 0. The highest BCUT2D eigenvalue weighted by atomic mass is 16.4. The molecule has 4 N–H and O–H groups in total. The third-order valence-electron chi connectivity index (χ3n) is 3.10. The Labute approximate surface area is 128 Å². The Morgan fingerprint density at radius 1 is 1.17 bits per heavy atom. The lowest BCUT2D eigenvalue weighted by molar-refractivity contribution is 0.0697. The first-order valence-corrected chi connectivity index (χ1v) is 6.58. The van der Waals surface area contributed by atoms with Gasteiger partial charge in [-0.05, 0) is 24.3 Å². The molecule has 2 aromatic heterocycles. The third kappa shape index (κ3) is 3.07. The van der Waals surface area contributed by atoms with Gasteiger partial charge in [-0.25, -0.2) is 19.6 Å². The number of hydrogen-bond donors (Lipinski definition) is 4. The number of anilines is 1. The van der Waals surface area contributed by atoms with Crippen LogP contribution in [0.2, 0.25) is 0 Å². The van der Waals surface area contributed by atoms with Gasteiger partial charge in [-0.3, -0.25) is 14.8 Å². The first-order chi connectivity index (χ1) is 11.0. The van der Waals surface area contributed by atoms with E-state index in [1.807, 2.05) is 0 Å². The smallest absolute Gasteiger partial charge is 0.335 e. The summed E-state index contributed by atoms with van der Waals surface area (Å²) in [6, 6.07) is 6.21. The fourth-order valence-corrected chi connectivity index (χ4v) is 1.98. The minimum Gasteiger partial charge on any atom is -0.478 e. The minimum atomic E-state index is -0.995. The van der Waals surface area contributed by atoms with Gasteiger partial charge in [0.2, 0.25) is 0 Å². The summed E-state index contributed by atoms with van der Waals surface area (Å²) in [5.41, 5.74) is 0.310. The van der Waals surface area contributed by atoms with E-state index in [1.54, 1.807) is 12.1 Å². The molecule has 0 amide bonds. The number of carboxylic acid groups (broad SMARTS) is 1. The van der Waals surface area contributed by atoms with E-state index in [4.69, 9.17) is 5.11 Å². The molecule has 0 spiro atoms. The van der Waals surface area contributed by atoms with Crippen molar-refractivity contribution in [2.24, 2.45) is 0 Å². The van der Waals surface area contributed by atoms with Crippen molar-refractivity contribution in [1.82, 2.24) is 19.9 Å². The highest BCUT2D eigenvalue weighted by Gasteiger charge is 2.06. The lowest BCUT2D eigenvalue weighted by Gasteiger charge is -2.06. The zero-order chi connectivity index (χ0) is 16.4. The Hall–Kier alpha value is -3.49.